The number of rotatable bonds is 4. The molecule has 0 spiro atoms. The number of fused-ring (bicyclic) bond motifs is 1. The number of benzene rings is 1. The van der Waals surface area contributed by atoms with E-state index in [-0.39, 0.29) is 26.2 Å². The van der Waals surface area contributed by atoms with Crippen molar-refractivity contribution in [2.24, 2.45) is 0 Å². The van der Waals surface area contributed by atoms with Gasteiger partial charge >= 0.3 is 164 Å². The predicted octanol–water partition coefficient (Wildman–Crippen LogP) is 4.74. The van der Waals surface area contributed by atoms with Crippen LogP contribution in [0.5, 0.6) is 5.75 Å². The summed E-state index contributed by atoms with van der Waals surface area (Å²) in [5.41, 5.74) is 0.866. The molecule has 0 saturated carbocycles. The molecule has 4 nitrogen and oxygen atoms in total. The van der Waals surface area contributed by atoms with Crippen LogP contribution in [0.3, 0.4) is 0 Å². The van der Waals surface area contributed by atoms with Crippen molar-refractivity contribution in [1.82, 2.24) is 4.98 Å². The minimum atomic E-state index is -0.301. The fourth-order valence-corrected chi connectivity index (χ4v) is 6.12. The first-order chi connectivity index (χ1) is 12.6. The average Bonchev–Trinajstić information content (AvgIpc) is 3.36. The van der Waals surface area contributed by atoms with Gasteiger partial charge in [0.05, 0.1) is 0 Å². The molecule has 130 valence electrons. The second-order valence-corrected chi connectivity index (χ2v) is 9.82. The maximum atomic E-state index is 11.6. The van der Waals surface area contributed by atoms with Gasteiger partial charge < -0.3 is 0 Å². The first kappa shape index (κ1) is 17.2. The van der Waals surface area contributed by atoms with E-state index in [0.717, 1.165) is 24.7 Å². The van der Waals surface area contributed by atoms with Crippen molar-refractivity contribution in [3.63, 3.8) is 0 Å². The molecule has 0 saturated heterocycles. The molecule has 0 radical (unpaired) electrons. The van der Waals surface area contributed by atoms with Crippen LogP contribution in [-0.4, -0.2) is 37.7 Å². The van der Waals surface area contributed by atoms with Gasteiger partial charge in [0, 0.05) is 0 Å². The number of thiophene rings is 2. The molecule has 3 aromatic heterocycles. The van der Waals surface area contributed by atoms with Gasteiger partial charge in [0.2, 0.25) is 0 Å². The summed E-state index contributed by atoms with van der Waals surface area (Å²) in [6, 6.07) is 13.2. The first-order valence-electron chi connectivity index (χ1n) is 7.68. The summed E-state index contributed by atoms with van der Waals surface area (Å²) in [6.07, 6.45) is 4.11. The Kier molecular flexibility index (Phi) is 4.78. The molecule has 26 heavy (non-hydrogen) atoms. The van der Waals surface area contributed by atoms with Crippen molar-refractivity contribution >= 4 is 65.1 Å². The Bertz CT molecular complexity index is 1120. The summed E-state index contributed by atoms with van der Waals surface area (Å²) in [6.45, 7) is 0. The molecule has 0 unspecified atom stereocenters. The van der Waals surface area contributed by atoms with Crippen molar-refractivity contribution in [3.8, 4) is 15.5 Å². The normalized spacial score (nSPS) is 11.4. The van der Waals surface area contributed by atoms with E-state index < -0.39 is 0 Å². The van der Waals surface area contributed by atoms with Crippen LogP contribution in [0.25, 0.3) is 31.7 Å². The molecular formula is C19H13NO3S2Se. The number of carbonyl (C=O) groups excluding carboxylic acids is 1. The Labute approximate surface area is 163 Å². The summed E-state index contributed by atoms with van der Waals surface area (Å²) in [5.74, 6) is -0.0521. The fraction of sp³-hybridized carbons (Fsp3) is 0.0526. The van der Waals surface area contributed by atoms with Gasteiger partial charge in [0.25, 0.3) is 0 Å². The van der Waals surface area contributed by atoms with Crippen molar-refractivity contribution in [2.75, 3.05) is 7.11 Å². The average molecular weight is 446 g/mol. The molecule has 1 N–H and O–H groups in total. The van der Waals surface area contributed by atoms with Crippen LogP contribution < -0.4 is 0 Å². The molecule has 0 bridgehead atoms. The third-order valence-corrected chi connectivity index (χ3v) is 8.05. The molecule has 4 aromatic rings. The molecule has 1 aromatic carbocycles. The molecule has 3 heterocycles. The minimum absolute atomic E-state index is 0.169. The molecular weight excluding hydrogens is 433 g/mol. The Hall–Kier alpha value is -2.18. The van der Waals surface area contributed by atoms with Gasteiger partial charge in [0.1, 0.15) is 0 Å². The number of methoxy groups -OCH3 is 1. The third kappa shape index (κ3) is 3.52. The van der Waals surface area contributed by atoms with Crippen LogP contribution in [0, 0.1) is 0 Å². The van der Waals surface area contributed by atoms with E-state index >= 15 is 0 Å². The van der Waals surface area contributed by atoms with E-state index in [1.54, 1.807) is 29.5 Å². The molecule has 0 aliphatic carbocycles. The van der Waals surface area contributed by atoms with Crippen LogP contribution in [0.15, 0.2) is 42.5 Å². The first-order valence-corrected chi connectivity index (χ1v) is 11.0. The molecule has 0 aliphatic rings. The quantitative estimate of drug-likeness (QED) is 0.363. The van der Waals surface area contributed by atoms with Gasteiger partial charge in [-0.05, 0) is 0 Å². The maximum absolute atomic E-state index is 11.6. The molecule has 0 amide bonds. The van der Waals surface area contributed by atoms with E-state index in [1.165, 1.54) is 22.7 Å². The van der Waals surface area contributed by atoms with E-state index in [4.69, 9.17) is 4.74 Å². The Morgan fingerprint density at radius 1 is 1.12 bits per heavy atom. The van der Waals surface area contributed by atoms with Crippen LogP contribution in [0.2, 0.25) is 0 Å². The van der Waals surface area contributed by atoms with Crippen molar-refractivity contribution in [2.45, 2.75) is 0 Å². The Morgan fingerprint density at radius 3 is 2.77 bits per heavy atom. The van der Waals surface area contributed by atoms with Gasteiger partial charge in [-0.1, -0.05) is 0 Å². The zero-order valence-electron chi connectivity index (χ0n) is 13.6. The van der Waals surface area contributed by atoms with Crippen LogP contribution in [-0.2, 0) is 4.74 Å². The SMILES string of the molecule is COC(=O)c1ccc(-c2ccc(/C=C/c3nc4cc(O)ccc4[se]3)s2)s1. The number of nitrogens with zero attached hydrogens (tertiary/aromatic N) is 1. The number of esters is 1. The van der Waals surface area contributed by atoms with Crippen molar-refractivity contribution < 1.29 is 14.6 Å². The number of hydrogen-bond acceptors (Lipinski definition) is 6. The van der Waals surface area contributed by atoms with Crippen molar-refractivity contribution in [3.05, 3.63) is 56.8 Å². The third-order valence-electron chi connectivity index (χ3n) is 3.64. The molecule has 0 aliphatic heterocycles. The molecule has 4 rings (SSSR count). The zero-order chi connectivity index (χ0) is 18.1. The van der Waals surface area contributed by atoms with E-state index in [2.05, 4.69) is 23.2 Å². The second-order valence-electron chi connectivity index (χ2n) is 5.39. The Balaban J connectivity index is 1.54. The van der Waals surface area contributed by atoms with Gasteiger partial charge in [0.15, 0.2) is 0 Å². The number of aromatic hydroxyl groups is 1. The second kappa shape index (κ2) is 7.21. The number of phenolic OH excluding ortho intramolecular Hbond substituents is 1. The zero-order valence-corrected chi connectivity index (χ0v) is 17.0. The van der Waals surface area contributed by atoms with Crippen LogP contribution in [0.4, 0.5) is 0 Å². The van der Waals surface area contributed by atoms with E-state index in [1.807, 2.05) is 18.2 Å². The number of hydrogen-bond donors (Lipinski definition) is 1. The number of carbonyl (C=O) groups is 1. The monoisotopic (exact) mass is 447 g/mol. The summed E-state index contributed by atoms with van der Waals surface area (Å²) >= 11 is 3.28. The van der Waals surface area contributed by atoms with E-state index in [9.17, 15) is 9.90 Å². The van der Waals surface area contributed by atoms with Crippen LogP contribution >= 0.6 is 22.7 Å². The van der Waals surface area contributed by atoms with Gasteiger partial charge in [-0.25, -0.2) is 0 Å². The summed E-state index contributed by atoms with van der Waals surface area (Å²) in [7, 11) is 1.39. The molecule has 0 fully saturated rings. The number of aromatic nitrogens is 1. The summed E-state index contributed by atoms with van der Waals surface area (Å²) < 4.78 is 6.99. The number of phenols is 1. The van der Waals surface area contributed by atoms with Gasteiger partial charge in [-0.3, -0.25) is 0 Å². The summed E-state index contributed by atoms with van der Waals surface area (Å²) in [4.78, 5) is 20.1. The standard InChI is InChI=1S/C19H13NO3S2Se/c1-23-19(22)16-7-6-15(25-16)14-5-3-12(24-14)4-9-18-20-13-10-11(21)2-8-17(13)26-18/h2-10,21H,1H3/b9-4+. The molecule has 7 heteroatoms. The topological polar surface area (TPSA) is 59.4 Å². The predicted molar refractivity (Wildman–Crippen MR) is 108 cm³/mol. The Morgan fingerprint density at radius 2 is 1.92 bits per heavy atom. The summed E-state index contributed by atoms with van der Waals surface area (Å²) in [5, 5.41) is 9.55. The van der Waals surface area contributed by atoms with E-state index in [0.29, 0.717) is 4.88 Å². The van der Waals surface area contributed by atoms with Crippen molar-refractivity contribution in [1.29, 1.82) is 0 Å². The number of ether oxygens (including phenoxy) is 1. The molecule has 0 atom stereocenters. The fourth-order valence-electron chi connectivity index (χ4n) is 2.41. The van der Waals surface area contributed by atoms with Gasteiger partial charge in [-0.15, -0.1) is 0 Å². The van der Waals surface area contributed by atoms with Gasteiger partial charge in [-0.2, -0.15) is 0 Å². The van der Waals surface area contributed by atoms with Crippen LogP contribution in [0.1, 0.15) is 19.1 Å².